The Morgan fingerprint density at radius 3 is 2.76 bits per heavy atom. The van der Waals surface area contributed by atoms with E-state index in [9.17, 15) is 0 Å². The molecule has 1 N–H and O–H groups in total. The minimum Gasteiger partial charge on any atom is -0.490 e. The fourth-order valence-electron chi connectivity index (χ4n) is 2.85. The van der Waals surface area contributed by atoms with Crippen molar-refractivity contribution < 1.29 is 4.74 Å². The van der Waals surface area contributed by atoms with E-state index in [4.69, 9.17) is 4.74 Å². The number of aliphatic imine (C=N–C) groups is 1. The molecule has 0 spiro atoms. The maximum absolute atomic E-state index is 6.15. The molecule has 0 aromatic heterocycles. The van der Waals surface area contributed by atoms with Gasteiger partial charge in [-0.05, 0) is 31.7 Å². The summed E-state index contributed by atoms with van der Waals surface area (Å²) < 4.78 is 6.15. The molecule has 1 saturated carbocycles. The fourth-order valence-corrected chi connectivity index (χ4v) is 2.85. The molecule has 0 amide bonds. The van der Waals surface area contributed by atoms with Gasteiger partial charge in [-0.3, -0.25) is 4.99 Å². The Morgan fingerprint density at radius 1 is 1.29 bits per heavy atom. The molecule has 2 aliphatic rings. The number of hydrogen-bond acceptors (Lipinski definition) is 4. The van der Waals surface area contributed by atoms with Crippen LogP contribution in [-0.4, -0.2) is 37.1 Å². The summed E-state index contributed by atoms with van der Waals surface area (Å²) in [7, 11) is 2.07. The number of rotatable bonds is 4. The van der Waals surface area contributed by atoms with E-state index in [1.807, 2.05) is 6.07 Å². The van der Waals surface area contributed by atoms with Crippen LogP contribution < -0.4 is 10.1 Å². The first-order valence-electron chi connectivity index (χ1n) is 7.57. The van der Waals surface area contributed by atoms with E-state index < -0.39 is 0 Å². The molecule has 0 bridgehead atoms. The Balaban J connectivity index is 0.00000161. The van der Waals surface area contributed by atoms with Crippen molar-refractivity contribution in [3.8, 4) is 5.75 Å². The number of guanidine groups is 1. The van der Waals surface area contributed by atoms with Crippen LogP contribution >= 0.6 is 24.0 Å². The monoisotopic (exact) mass is 401 g/mol. The number of hydrogen-bond donors (Lipinski definition) is 1. The second kappa shape index (κ2) is 7.87. The molecule has 0 atom stereocenters. The molecule has 0 radical (unpaired) electrons. The van der Waals surface area contributed by atoms with Crippen LogP contribution in [0.4, 0.5) is 0 Å². The Morgan fingerprint density at radius 2 is 2.05 bits per heavy atom. The average molecular weight is 401 g/mol. The third kappa shape index (κ3) is 4.25. The third-order valence-electron chi connectivity index (χ3n) is 4.06. The van der Waals surface area contributed by atoms with Crippen molar-refractivity contribution in [1.82, 2.24) is 10.2 Å². The molecular formula is C16H24IN3O. The normalized spacial score (nSPS) is 18.3. The summed E-state index contributed by atoms with van der Waals surface area (Å²) in [4.78, 5) is 6.61. The minimum absolute atomic E-state index is 0. The molecule has 1 aromatic carbocycles. The topological polar surface area (TPSA) is 36.9 Å². The zero-order valence-electron chi connectivity index (χ0n) is 12.5. The Kier molecular flexibility index (Phi) is 6.14. The first-order valence-corrected chi connectivity index (χ1v) is 7.57. The predicted molar refractivity (Wildman–Crippen MR) is 96.5 cm³/mol. The van der Waals surface area contributed by atoms with E-state index in [-0.39, 0.29) is 24.0 Å². The van der Waals surface area contributed by atoms with Crippen molar-refractivity contribution in [2.45, 2.75) is 38.3 Å². The summed E-state index contributed by atoms with van der Waals surface area (Å²) in [6.07, 6.45) is 5.39. The van der Waals surface area contributed by atoms with Gasteiger partial charge in [-0.1, -0.05) is 18.2 Å². The molecule has 3 rings (SSSR count). The number of nitrogens with one attached hydrogen (secondary N) is 1. The van der Waals surface area contributed by atoms with E-state index in [1.165, 1.54) is 31.2 Å². The molecule has 0 unspecified atom stereocenters. The fraction of sp³-hybridized carbons (Fsp3) is 0.562. The van der Waals surface area contributed by atoms with Gasteiger partial charge in [0, 0.05) is 25.7 Å². The highest BCUT2D eigenvalue weighted by Gasteiger charge is 2.18. The summed E-state index contributed by atoms with van der Waals surface area (Å²) in [6, 6.07) is 8.33. The lowest BCUT2D eigenvalue weighted by Crippen LogP contribution is -2.35. The number of halogens is 1. The van der Waals surface area contributed by atoms with Crippen LogP contribution in [0, 0.1) is 0 Å². The summed E-state index contributed by atoms with van der Waals surface area (Å²) >= 11 is 0. The molecule has 1 aromatic rings. The van der Waals surface area contributed by atoms with E-state index in [0.717, 1.165) is 31.3 Å². The Labute approximate surface area is 144 Å². The summed E-state index contributed by atoms with van der Waals surface area (Å²) in [6.45, 7) is 2.66. The van der Waals surface area contributed by atoms with Crippen LogP contribution in [-0.2, 0) is 6.54 Å². The summed E-state index contributed by atoms with van der Waals surface area (Å²) in [5, 5.41) is 3.41. The van der Waals surface area contributed by atoms with Crippen LogP contribution in [0.15, 0.2) is 29.3 Å². The maximum atomic E-state index is 6.15. The number of para-hydroxylation sites is 1. The van der Waals surface area contributed by atoms with Gasteiger partial charge in [-0.2, -0.15) is 0 Å². The van der Waals surface area contributed by atoms with Crippen LogP contribution in [0.3, 0.4) is 0 Å². The molecular weight excluding hydrogens is 377 g/mol. The lowest BCUT2D eigenvalue weighted by molar-refractivity contribution is 0.208. The van der Waals surface area contributed by atoms with Crippen LogP contribution in [0.5, 0.6) is 5.75 Å². The molecule has 1 aliphatic heterocycles. The lowest BCUT2D eigenvalue weighted by Gasteiger charge is -2.19. The van der Waals surface area contributed by atoms with E-state index >= 15 is 0 Å². The van der Waals surface area contributed by atoms with Gasteiger partial charge in [0.05, 0.1) is 12.6 Å². The quantitative estimate of drug-likeness (QED) is 0.789. The van der Waals surface area contributed by atoms with E-state index in [2.05, 4.69) is 40.5 Å². The Bertz CT molecular complexity index is 486. The van der Waals surface area contributed by atoms with Gasteiger partial charge in [0.2, 0.25) is 0 Å². The van der Waals surface area contributed by atoms with Gasteiger partial charge in [0.15, 0.2) is 5.96 Å². The number of benzene rings is 1. The largest absolute Gasteiger partial charge is 0.490 e. The second-order valence-electron chi connectivity index (χ2n) is 5.61. The molecule has 21 heavy (non-hydrogen) atoms. The second-order valence-corrected chi connectivity index (χ2v) is 5.61. The zero-order valence-corrected chi connectivity index (χ0v) is 14.9. The van der Waals surface area contributed by atoms with Crippen LogP contribution in [0.25, 0.3) is 0 Å². The number of ether oxygens (including phenoxy) is 1. The molecule has 1 heterocycles. The van der Waals surface area contributed by atoms with Gasteiger partial charge < -0.3 is 15.0 Å². The molecule has 1 aliphatic carbocycles. The molecule has 5 heteroatoms. The SMILES string of the molecule is CN1CCN=C1NCc1ccccc1OC1CCCC1.I. The van der Waals surface area contributed by atoms with Gasteiger partial charge in [-0.25, -0.2) is 0 Å². The molecule has 116 valence electrons. The van der Waals surface area contributed by atoms with Crippen molar-refractivity contribution in [1.29, 1.82) is 0 Å². The van der Waals surface area contributed by atoms with Gasteiger partial charge >= 0.3 is 0 Å². The lowest BCUT2D eigenvalue weighted by atomic mass is 10.2. The van der Waals surface area contributed by atoms with Crippen LogP contribution in [0.2, 0.25) is 0 Å². The van der Waals surface area contributed by atoms with Gasteiger partial charge in [-0.15, -0.1) is 24.0 Å². The summed E-state index contributed by atoms with van der Waals surface area (Å²) in [5.41, 5.74) is 1.21. The first-order chi connectivity index (χ1) is 9.83. The average Bonchev–Trinajstić information content (AvgIpc) is 3.10. The molecule has 1 fully saturated rings. The van der Waals surface area contributed by atoms with Gasteiger partial charge in [0.25, 0.3) is 0 Å². The van der Waals surface area contributed by atoms with Crippen molar-refractivity contribution in [3.63, 3.8) is 0 Å². The zero-order chi connectivity index (χ0) is 13.8. The van der Waals surface area contributed by atoms with Crippen molar-refractivity contribution in [3.05, 3.63) is 29.8 Å². The van der Waals surface area contributed by atoms with Crippen molar-refractivity contribution in [2.75, 3.05) is 20.1 Å². The first kappa shape index (κ1) is 16.4. The standard InChI is InChI=1S/C16H23N3O.HI/c1-19-11-10-17-16(19)18-12-13-6-2-5-9-15(13)20-14-7-3-4-8-14;/h2,5-6,9,14H,3-4,7-8,10-12H2,1H3,(H,17,18);1H. The minimum atomic E-state index is 0. The number of nitrogens with zero attached hydrogens (tertiary/aromatic N) is 2. The highest BCUT2D eigenvalue weighted by molar-refractivity contribution is 14.0. The molecule has 4 nitrogen and oxygen atoms in total. The highest BCUT2D eigenvalue weighted by Crippen LogP contribution is 2.26. The predicted octanol–water partition coefficient (Wildman–Crippen LogP) is 3.02. The maximum Gasteiger partial charge on any atom is 0.194 e. The summed E-state index contributed by atoms with van der Waals surface area (Å²) in [5.74, 6) is 2.01. The van der Waals surface area contributed by atoms with Gasteiger partial charge in [0.1, 0.15) is 5.75 Å². The van der Waals surface area contributed by atoms with Crippen molar-refractivity contribution >= 4 is 29.9 Å². The van der Waals surface area contributed by atoms with Crippen LogP contribution in [0.1, 0.15) is 31.2 Å². The van der Waals surface area contributed by atoms with E-state index in [1.54, 1.807) is 0 Å². The number of likely N-dealkylation sites (N-methyl/N-ethyl adjacent to an activating group) is 1. The smallest absolute Gasteiger partial charge is 0.194 e. The Hall–Kier alpha value is -0.980. The van der Waals surface area contributed by atoms with E-state index in [0.29, 0.717) is 6.10 Å². The third-order valence-corrected chi connectivity index (χ3v) is 4.06. The highest BCUT2D eigenvalue weighted by atomic mass is 127. The van der Waals surface area contributed by atoms with Crippen molar-refractivity contribution in [2.24, 2.45) is 4.99 Å². The molecule has 0 saturated heterocycles.